The van der Waals surface area contributed by atoms with E-state index in [1.54, 1.807) is 12.1 Å². The van der Waals surface area contributed by atoms with Crippen LogP contribution in [0.25, 0.3) is 0 Å². The zero-order valence-electron chi connectivity index (χ0n) is 18.2. The minimum Gasteiger partial charge on any atom is -0.349 e. The highest BCUT2D eigenvalue weighted by Gasteiger charge is 2.38. The molecule has 0 spiro atoms. The molecule has 0 saturated carbocycles. The van der Waals surface area contributed by atoms with E-state index in [0.29, 0.717) is 24.3 Å². The number of carbonyl (C=O) groups excluding carboxylic acids is 3. The van der Waals surface area contributed by atoms with Gasteiger partial charge in [0.25, 0.3) is 17.7 Å². The van der Waals surface area contributed by atoms with Crippen molar-refractivity contribution in [3.05, 3.63) is 76.0 Å². The van der Waals surface area contributed by atoms with Crippen molar-refractivity contribution in [2.75, 3.05) is 38.5 Å². The van der Waals surface area contributed by atoms with Gasteiger partial charge in [0.15, 0.2) is 0 Å². The van der Waals surface area contributed by atoms with Crippen LogP contribution in [-0.2, 0) is 16.1 Å². The van der Waals surface area contributed by atoms with Crippen molar-refractivity contribution >= 4 is 35.0 Å². The fourth-order valence-corrected chi connectivity index (χ4v) is 4.09. The highest BCUT2D eigenvalue weighted by molar-refractivity contribution is 6.48. The monoisotopic (exact) mass is 453 g/mol. The molecule has 4 rings (SSSR count). The van der Waals surface area contributed by atoms with Crippen molar-refractivity contribution < 1.29 is 19.3 Å². The SMILES string of the molecule is Cc1ccc(C(=O)N2CC[NH+](C)CC2)cc1NC1=C(Cl)C(=O)N(Cc2ccccc2)C1=O. The third-order valence-corrected chi connectivity index (χ3v) is 6.29. The number of quaternary nitrogens is 1. The van der Waals surface area contributed by atoms with Gasteiger partial charge < -0.3 is 15.1 Å². The van der Waals surface area contributed by atoms with Crippen LogP contribution in [0.4, 0.5) is 5.69 Å². The van der Waals surface area contributed by atoms with Crippen molar-refractivity contribution in [3.63, 3.8) is 0 Å². The smallest absolute Gasteiger partial charge is 0.279 e. The van der Waals surface area contributed by atoms with E-state index in [4.69, 9.17) is 11.6 Å². The number of carbonyl (C=O) groups is 3. The molecule has 2 aliphatic rings. The van der Waals surface area contributed by atoms with Crippen molar-refractivity contribution in [3.8, 4) is 0 Å². The lowest BCUT2D eigenvalue weighted by atomic mass is 10.1. The molecule has 0 unspecified atom stereocenters. The number of aryl methyl sites for hydroxylation is 1. The number of imide groups is 1. The summed E-state index contributed by atoms with van der Waals surface area (Å²) in [6, 6.07) is 14.6. The molecule has 1 fully saturated rings. The van der Waals surface area contributed by atoms with Crippen molar-refractivity contribution in [2.24, 2.45) is 0 Å². The maximum absolute atomic E-state index is 13.0. The Hall–Kier alpha value is -3.16. The van der Waals surface area contributed by atoms with Gasteiger partial charge in [0.1, 0.15) is 10.7 Å². The number of hydrogen-bond acceptors (Lipinski definition) is 4. The number of benzene rings is 2. The number of amides is 3. The molecule has 7 nitrogen and oxygen atoms in total. The van der Waals surface area contributed by atoms with Gasteiger partial charge in [-0.15, -0.1) is 0 Å². The van der Waals surface area contributed by atoms with E-state index < -0.39 is 11.8 Å². The summed E-state index contributed by atoms with van der Waals surface area (Å²) in [4.78, 5) is 42.9. The number of nitrogens with zero attached hydrogens (tertiary/aromatic N) is 2. The van der Waals surface area contributed by atoms with Gasteiger partial charge in [-0.2, -0.15) is 0 Å². The fraction of sp³-hybridized carbons (Fsp3) is 0.292. The molecule has 166 valence electrons. The average molecular weight is 454 g/mol. The minimum absolute atomic E-state index is 0.0310. The van der Waals surface area contributed by atoms with Gasteiger partial charge in [-0.05, 0) is 30.2 Å². The van der Waals surface area contributed by atoms with E-state index in [1.165, 1.54) is 4.90 Å². The first-order valence-corrected chi connectivity index (χ1v) is 11.0. The van der Waals surface area contributed by atoms with Gasteiger partial charge >= 0.3 is 0 Å². The second-order valence-electron chi connectivity index (χ2n) is 8.28. The van der Waals surface area contributed by atoms with E-state index in [9.17, 15) is 14.4 Å². The molecule has 0 bridgehead atoms. The van der Waals surface area contributed by atoms with Crippen LogP contribution in [0.3, 0.4) is 0 Å². The summed E-state index contributed by atoms with van der Waals surface area (Å²) in [5.41, 5.74) is 2.81. The molecule has 1 saturated heterocycles. The first-order valence-electron chi connectivity index (χ1n) is 10.6. The highest BCUT2D eigenvalue weighted by Crippen LogP contribution is 2.29. The lowest BCUT2D eigenvalue weighted by Gasteiger charge is -2.30. The van der Waals surface area contributed by atoms with E-state index in [1.807, 2.05) is 48.2 Å². The van der Waals surface area contributed by atoms with Gasteiger partial charge in [-0.3, -0.25) is 19.3 Å². The molecule has 3 amide bonds. The van der Waals surface area contributed by atoms with Crippen molar-refractivity contribution in [1.82, 2.24) is 9.80 Å². The molecule has 32 heavy (non-hydrogen) atoms. The van der Waals surface area contributed by atoms with Gasteiger partial charge in [0.05, 0.1) is 39.8 Å². The quantitative estimate of drug-likeness (QED) is 0.671. The number of halogens is 1. The summed E-state index contributed by atoms with van der Waals surface area (Å²) in [6.07, 6.45) is 0. The summed E-state index contributed by atoms with van der Waals surface area (Å²) < 4.78 is 0. The van der Waals surface area contributed by atoms with E-state index >= 15 is 0 Å². The van der Waals surface area contributed by atoms with E-state index in [0.717, 1.165) is 29.1 Å². The number of anilines is 1. The second-order valence-corrected chi connectivity index (χ2v) is 8.65. The number of hydrogen-bond donors (Lipinski definition) is 2. The molecular formula is C24H26ClN4O3+. The number of nitrogens with one attached hydrogen (secondary N) is 2. The summed E-state index contributed by atoms with van der Waals surface area (Å²) in [5.74, 6) is -1.06. The molecule has 2 aromatic rings. The Bertz CT molecular complexity index is 1090. The summed E-state index contributed by atoms with van der Waals surface area (Å²) in [5, 5.41) is 2.87. The van der Waals surface area contributed by atoms with Crippen LogP contribution in [-0.4, -0.2) is 60.7 Å². The maximum atomic E-state index is 13.0. The molecule has 0 aromatic heterocycles. The fourth-order valence-electron chi connectivity index (χ4n) is 3.86. The van der Waals surface area contributed by atoms with Crippen molar-refractivity contribution in [2.45, 2.75) is 13.5 Å². The average Bonchev–Trinajstić information content (AvgIpc) is 2.99. The molecule has 2 aromatic carbocycles. The Balaban J connectivity index is 1.53. The molecule has 0 atom stereocenters. The molecule has 2 heterocycles. The largest absolute Gasteiger partial charge is 0.349 e. The molecule has 0 radical (unpaired) electrons. The van der Waals surface area contributed by atoms with Gasteiger partial charge in [0, 0.05) is 11.3 Å². The number of likely N-dealkylation sites (N-methyl/N-ethyl adjacent to an activating group) is 1. The number of piperazine rings is 1. The maximum Gasteiger partial charge on any atom is 0.279 e. The molecular weight excluding hydrogens is 428 g/mol. The lowest BCUT2D eigenvalue weighted by Crippen LogP contribution is -3.12. The van der Waals surface area contributed by atoms with Crippen LogP contribution in [0.5, 0.6) is 0 Å². The lowest BCUT2D eigenvalue weighted by molar-refractivity contribution is -0.883. The summed E-state index contributed by atoms with van der Waals surface area (Å²) >= 11 is 6.25. The Labute approximate surface area is 192 Å². The van der Waals surface area contributed by atoms with Gasteiger partial charge in [0.2, 0.25) is 0 Å². The summed E-state index contributed by atoms with van der Waals surface area (Å²) in [7, 11) is 2.12. The third-order valence-electron chi connectivity index (χ3n) is 5.94. The van der Waals surface area contributed by atoms with Gasteiger partial charge in [-0.1, -0.05) is 48.0 Å². The van der Waals surface area contributed by atoms with E-state index in [-0.39, 0.29) is 23.2 Å². The molecule has 2 N–H and O–H groups in total. The van der Waals surface area contributed by atoms with Crippen LogP contribution in [0.2, 0.25) is 0 Å². The second kappa shape index (κ2) is 9.14. The Morgan fingerprint density at radius 1 is 1.06 bits per heavy atom. The van der Waals surface area contributed by atoms with Crippen LogP contribution in [0.15, 0.2) is 59.3 Å². The molecule has 8 heteroatoms. The third kappa shape index (κ3) is 4.40. The predicted octanol–water partition coefficient (Wildman–Crippen LogP) is 1.40. The Kier molecular flexibility index (Phi) is 6.30. The van der Waals surface area contributed by atoms with Gasteiger partial charge in [-0.25, -0.2) is 0 Å². The number of rotatable bonds is 5. The Morgan fingerprint density at radius 3 is 2.44 bits per heavy atom. The van der Waals surface area contributed by atoms with Crippen LogP contribution in [0.1, 0.15) is 21.5 Å². The minimum atomic E-state index is -0.534. The zero-order chi connectivity index (χ0) is 22.8. The van der Waals surface area contributed by atoms with Crippen LogP contribution in [0, 0.1) is 6.92 Å². The van der Waals surface area contributed by atoms with Crippen molar-refractivity contribution in [1.29, 1.82) is 0 Å². The van der Waals surface area contributed by atoms with Crippen LogP contribution >= 0.6 is 11.6 Å². The summed E-state index contributed by atoms with van der Waals surface area (Å²) in [6.45, 7) is 5.26. The highest BCUT2D eigenvalue weighted by atomic mass is 35.5. The predicted molar refractivity (Wildman–Crippen MR) is 122 cm³/mol. The zero-order valence-corrected chi connectivity index (χ0v) is 18.9. The molecule has 0 aliphatic carbocycles. The van der Waals surface area contributed by atoms with E-state index in [2.05, 4.69) is 12.4 Å². The topological polar surface area (TPSA) is 74.2 Å². The standard InChI is InChI=1S/C24H25ClN4O3/c1-16-8-9-18(22(30)28-12-10-27(2)11-13-28)14-19(16)26-21-20(25)23(31)29(24(21)32)15-17-6-4-3-5-7-17/h3-9,14,26H,10-13,15H2,1-2H3/p+1. The Morgan fingerprint density at radius 2 is 1.75 bits per heavy atom. The first-order chi connectivity index (χ1) is 15.3. The first kappa shape index (κ1) is 22.0. The van der Waals surface area contributed by atoms with Crippen LogP contribution < -0.4 is 10.2 Å². The molecule has 2 aliphatic heterocycles. The normalized spacial score (nSPS) is 17.3.